The van der Waals surface area contributed by atoms with E-state index in [1.165, 1.54) is 0 Å². The van der Waals surface area contributed by atoms with Crippen LogP contribution in [0.5, 0.6) is 0 Å². The molecule has 0 unspecified atom stereocenters. The Morgan fingerprint density at radius 3 is 1.69 bits per heavy atom. The number of hydrogen-bond donors (Lipinski definition) is 0. The first-order valence-corrected chi connectivity index (χ1v) is 9.16. The van der Waals surface area contributed by atoms with Gasteiger partial charge in [-0.1, -0.05) is 0 Å². The van der Waals surface area contributed by atoms with E-state index in [4.69, 9.17) is 0 Å². The van der Waals surface area contributed by atoms with E-state index in [-0.39, 0.29) is 17.4 Å². The second kappa shape index (κ2) is 8.45. The van der Waals surface area contributed by atoms with Gasteiger partial charge in [0.25, 0.3) is 10.0 Å². The van der Waals surface area contributed by atoms with E-state index in [1.54, 1.807) is 21.1 Å². The number of nitrogens with zero attached hydrogens (tertiary/aromatic N) is 2. The van der Waals surface area contributed by atoms with Gasteiger partial charge < -0.3 is 14.4 Å². The molecule has 0 aromatic heterocycles. The van der Waals surface area contributed by atoms with Gasteiger partial charge in [0, 0.05) is 31.9 Å². The van der Waals surface area contributed by atoms with Gasteiger partial charge in [-0.15, -0.1) is 0 Å². The topological polar surface area (TPSA) is 77.5 Å². The zero-order valence-corrected chi connectivity index (χ0v) is 16.2. The van der Waals surface area contributed by atoms with Crippen LogP contribution >= 0.6 is 0 Å². The van der Waals surface area contributed by atoms with Crippen molar-refractivity contribution in [1.29, 1.82) is 0 Å². The third kappa shape index (κ3) is 5.87. The van der Waals surface area contributed by atoms with Gasteiger partial charge in [-0.25, -0.2) is 8.42 Å². The lowest BCUT2D eigenvalue weighted by atomic mass is 10.1. The molecule has 0 saturated carbocycles. The normalized spacial score (nSPS) is 15.1. The van der Waals surface area contributed by atoms with Crippen molar-refractivity contribution >= 4 is 16.0 Å². The number of sulfonamides is 1. The maximum Gasteiger partial charge on any atom is 0.460 e. The minimum atomic E-state index is -7.39. The number of rotatable bonds is 11. The number of quaternary nitrogens is 1. The largest absolute Gasteiger partial charge is 0.550 e. The van der Waals surface area contributed by atoms with Crippen molar-refractivity contribution in [2.75, 3.05) is 40.8 Å². The Morgan fingerprint density at radius 2 is 1.34 bits per heavy atom. The Balaban J connectivity index is 6.10. The summed E-state index contributed by atoms with van der Waals surface area (Å²) >= 11 is 0. The van der Waals surface area contributed by atoms with E-state index in [0.29, 0.717) is 0 Å². The molecule has 0 bridgehead atoms. The Hall–Kier alpha value is -1.29. The molecule has 0 spiro atoms. The van der Waals surface area contributed by atoms with Gasteiger partial charge in [0.1, 0.15) is 0 Å². The number of aliphatic carboxylic acids is 1. The van der Waals surface area contributed by atoms with Crippen LogP contribution in [0.1, 0.15) is 12.8 Å². The van der Waals surface area contributed by atoms with Crippen LogP contribution in [0.3, 0.4) is 0 Å². The molecule has 0 aromatic rings. The van der Waals surface area contributed by atoms with Gasteiger partial charge in [-0.2, -0.15) is 43.8 Å². The standard InChI is InChI=1S/C13H19F9N2O4S/c1-24(2,3)8-4-6-23(7-5-9(25)26)29(27,28)13(21,22)11(16,17)10(14,15)12(18,19)20/h4-8H2,1-3H3. The summed E-state index contributed by atoms with van der Waals surface area (Å²) in [6, 6.07) is 0. The second-order valence-electron chi connectivity index (χ2n) is 7.06. The van der Waals surface area contributed by atoms with E-state index in [9.17, 15) is 57.8 Å². The Morgan fingerprint density at radius 1 is 0.897 bits per heavy atom. The lowest BCUT2D eigenvalue weighted by Gasteiger charge is -2.36. The average molecular weight is 470 g/mol. The molecule has 16 heteroatoms. The van der Waals surface area contributed by atoms with E-state index in [2.05, 4.69) is 0 Å². The van der Waals surface area contributed by atoms with Crippen molar-refractivity contribution < 1.29 is 62.3 Å². The van der Waals surface area contributed by atoms with Gasteiger partial charge in [0.2, 0.25) is 0 Å². The van der Waals surface area contributed by atoms with Crippen LogP contribution in [-0.4, -0.2) is 87.2 Å². The molecule has 0 aliphatic carbocycles. The van der Waals surface area contributed by atoms with Crippen LogP contribution in [0, 0.1) is 0 Å². The fraction of sp³-hybridized carbons (Fsp3) is 0.923. The number of carboxylic acids is 1. The summed E-state index contributed by atoms with van der Waals surface area (Å²) < 4.78 is 141. The number of carbonyl (C=O) groups excluding carboxylic acids is 1. The van der Waals surface area contributed by atoms with Crippen LogP contribution in [0.2, 0.25) is 0 Å². The molecule has 0 aromatic carbocycles. The molecular formula is C13H19F9N2O4S. The first-order valence-electron chi connectivity index (χ1n) is 7.72. The fourth-order valence-corrected chi connectivity index (χ4v) is 3.45. The zero-order valence-electron chi connectivity index (χ0n) is 15.4. The van der Waals surface area contributed by atoms with Crippen LogP contribution < -0.4 is 5.11 Å². The highest BCUT2D eigenvalue weighted by Crippen LogP contribution is 2.55. The highest BCUT2D eigenvalue weighted by molar-refractivity contribution is 7.90. The Kier molecular flexibility index (Phi) is 8.07. The molecule has 0 saturated heterocycles. The maximum atomic E-state index is 13.9. The summed E-state index contributed by atoms with van der Waals surface area (Å²) in [5.41, 5.74) is 0. The number of hydrogen-bond acceptors (Lipinski definition) is 4. The van der Waals surface area contributed by atoms with Crippen molar-refractivity contribution in [3.05, 3.63) is 0 Å². The Bertz CT molecular complexity index is 687. The minimum absolute atomic E-state index is 0.0397. The first-order chi connectivity index (χ1) is 12.5. The number of carbonyl (C=O) groups is 1. The van der Waals surface area contributed by atoms with E-state index >= 15 is 0 Å². The quantitative estimate of drug-likeness (QED) is 0.337. The van der Waals surface area contributed by atoms with Crippen LogP contribution in [0.25, 0.3) is 0 Å². The van der Waals surface area contributed by atoms with Gasteiger partial charge >= 0.3 is 23.3 Å². The van der Waals surface area contributed by atoms with Crippen molar-refractivity contribution in [2.24, 2.45) is 0 Å². The summed E-state index contributed by atoms with van der Waals surface area (Å²) in [6.07, 6.45) is -8.80. The molecule has 0 aliphatic heterocycles. The summed E-state index contributed by atoms with van der Waals surface area (Å²) in [7, 11) is -2.16. The van der Waals surface area contributed by atoms with Gasteiger partial charge in [0.15, 0.2) is 0 Å². The molecule has 0 aliphatic rings. The second-order valence-corrected chi connectivity index (χ2v) is 9.04. The van der Waals surface area contributed by atoms with Gasteiger partial charge in [-0.3, -0.25) is 0 Å². The van der Waals surface area contributed by atoms with Crippen molar-refractivity contribution in [3.63, 3.8) is 0 Å². The number of carboxylic acid groups (broad SMARTS) is 1. The van der Waals surface area contributed by atoms with Crippen LogP contribution in [0.15, 0.2) is 0 Å². The molecule has 0 heterocycles. The molecule has 0 amide bonds. The predicted octanol–water partition coefficient (Wildman–Crippen LogP) is 1.28. The highest BCUT2D eigenvalue weighted by Gasteiger charge is 2.85. The van der Waals surface area contributed by atoms with Crippen molar-refractivity contribution in [2.45, 2.75) is 36.1 Å². The third-order valence-corrected chi connectivity index (χ3v) is 5.53. The highest BCUT2D eigenvalue weighted by atomic mass is 32.2. The van der Waals surface area contributed by atoms with E-state index in [1.807, 2.05) is 0 Å². The van der Waals surface area contributed by atoms with Crippen LogP contribution in [-0.2, 0) is 14.8 Å². The summed E-state index contributed by atoms with van der Waals surface area (Å²) in [4.78, 5) is 10.5. The van der Waals surface area contributed by atoms with Gasteiger partial charge in [0.05, 0.1) is 27.7 Å². The van der Waals surface area contributed by atoms with Crippen molar-refractivity contribution in [3.8, 4) is 0 Å². The Labute approximate surface area is 160 Å². The number of halogens is 9. The number of alkyl halides is 9. The lowest BCUT2D eigenvalue weighted by Crippen LogP contribution is -2.65. The van der Waals surface area contributed by atoms with Crippen molar-refractivity contribution in [1.82, 2.24) is 4.31 Å². The van der Waals surface area contributed by atoms with E-state index < -0.39 is 63.1 Å². The predicted molar refractivity (Wildman–Crippen MR) is 78.5 cm³/mol. The lowest BCUT2D eigenvalue weighted by molar-refractivity contribution is -0.870. The minimum Gasteiger partial charge on any atom is -0.550 e. The maximum absolute atomic E-state index is 13.9. The molecule has 0 radical (unpaired) electrons. The van der Waals surface area contributed by atoms with Gasteiger partial charge in [-0.05, 0) is 0 Å². The molecule has 29 heavy (non-hydrogen) atoms. The summed E-state index contributed by atoms with van der Waals surface area (Å²) in [6.45, 7) is -2.39. The van der Waals surface area contributed by atoms with E-state index in [0.717, 1.165) is 0 Å². The molecular weight excluding hydrogens is 451 g/mol. The summed E-state index contributed by atoms with van der Waals surface area (Å²) in [5.74, 6) is -16.8. The zero-order chi connectivity index (χ0) is 23.7. The van der Waals surface area contributed by atoms with Crippen LogP contribution in [0.4, 0.5) is 39.5 Å². The fourth-order valence-electron chi connectivity index (χ4n) is 1.97. The molecule has 0 atom stereocenters. The SMILES string of the molecule is C[N+](C)(C)CCCN(CCC(=O)[O-])S(=O)(=O)C(F)(F)C(F)(F)C(F)(F)C(F)(F)F. The third-order valence-electron chi connectivity index (χ3n) is 3.58. The molecule has 0 N–H and O–H groups in total. The average Bonchev–Trinajstić information content (AvgIpc) is 2.47. The first kappa shape index (κ1) is 27.7. The monoisotopic (exact) mass is 470 g/mol. The smallest absolute Gasteiger partial charge is 0.460 e. The molecule has 0 fully saturated rings. The summed E-state index contributed by atoms with van der Waals surface area (Å²) in [5, 5.41) is 3.56. The molecule has 174 valence electrons. The molecule has 6 nitrogen and oxygen atoms in total. The molecule has 0 rings (SSSR count).